The molecule has 10 nitrogen and oxygen atoms in total. The molecule has 5 N–H and O–H groups in total. The number of methoxy groups -OCH3 is 1. The molecule has 12 atom stereocenters. The second kappa shape index (κ2) is 12.2. The minimum Gasteiger partial charge on any atom is -0.380 e. The summed E-state index contributed by atoms with van der Waals surface area (Å²) >= 11 is 8.18. The Morgan fingerprint density at radius 2 is 1.89 bits per heavy atom. The van der Waals surface area contributed by atoms with Crippen LogP contribution in [0.25, 0.3) is 0 Å². The van der Waals surface area contributed by atoms with Crippen molar-refractivity contribution in [1.82, 2.24) is 31.5 Å². The third-order valence-corrected chi connectivity index (χ3v) is 11.0. The van der Waals surface area contributed by atoms with Crippen molar-refractivity contribution in [3.8, 4) is 6.07 Å². The maximum Gasteiger partial charge on any atom is 0.240 e. The Morgan fingerprint density at radius 1 is 1.08 bits per heavy atom. The number of amides is 2. The lowest BCUT2D eigenvalue weighted by molar-refractivity contribution is -0.134. The van der Waals surface area contributed by atoms with Crippen LogP contribution < -0.4 is 26.6 Å². The van der Waals surface area contributed by atoms with Crippen molar-refractivity contribution in [3.05, 3.63) is 0 Å². The minimum atomic E-state index is -0.226. The Bertz CT molecular complexity index is 910. The molecule has 5 saturated heterocycles. The maximum atomic E-state index is 13.6. The molecule has 212 valence electrons. The van der Waals surface area contributed by atoms with E-state index in [1.54, 1.807) is 18.9 Å². The number of likely N-dealkylation sites (tertiary alicyclic amines) is 1. The molecule has 12 heteroatoms. The molecular weight excluding hydrogens is 526 g/mol. The van der Waals surface area contributed by atoms with Gasteiger partial charge in [0.2, 0.25) is 11.8 Å². The molecular formula is C26H42ClN7O3S. The predicted octanol–water partition coefficient (Wildman–Crippen LogP) is 0.243. The number of carbonyl (C=O) groups excluding carboxylic acids is 2. The fraction of sp³-hybridized carbons (Fsp3) is 0.885. The van der Waals surface area contributed by atoms with E-state index < -0.39 is 0 Å². The van der Waals surface area contributed by atoms with Gasteiger partial charge in [-0.25, -0.2) is 0 Å². The van der Waals surface area contributed by atoms with Crippen LogP contribution in [0.5, 0.6) is 0 Å². The number of halogens is 1. The first-order valence-corrected chi connectivity index (χ1v) is 15.4. The molecule has 5 aliphatic heterocycles. The summed E-state index contributed by atoms with van der Waals surface area (Å²) < 4.78 is 5.80. The molecule has 5 heterocycles. The summed E-state index contributed by atoms with van der Waals surface area (Å²) in [6.45, 7) is 7.47. The minimum absolute atomic E-state index is 0.0256. The second-order valence-electron chi connectivity index (χ2n) is 11.9. The van der Waals surface area contributed by atoms with Crippen molar-refractivity contribution in [2.45, 2.75) is 73.6 Å². The van der Waals surface area contributed by atoms with Crippen molar-refractivity contribution in [1.29, 1.82) is 5.26 Å². The second-order valence-corrected chi connectivity index (χ2v) is 13.7. The number of rotatable bonds is 5. The van der Waals surface area contributed by atoms with E-state index in [-0.39, 0.29) is 75.8 Å². The van der Waals surface area contributed by atoms with Crippen LogP contribution in [0.4, 0.5) is 0 Å². The zero-order valence-corrected chi connectivity index (χ0v) is 24.1. The summed E-state index contributed by atoms with van der Waals surface area (Å²) in [5, 5.41) is 26.4. The zero-order valence-electron chi connectivity index (χ0n) is 22.5. The standard InChI is InChI=1S/C26H42ClN7O3S/c1-13-4-15(7-28)8-31-23(13)25(36)34-11-19-21(12-34)38-26(32-19)33-24(35)18-9-29-14(2)5-16(18)17-6-22(27)30-10-20(17)37-3/h13-23,26,29-32H,4-6,8-12H2,1-3H3,(H,33,35). The molecule has 0 radical (unpaired) electrons. The number of ether oxygens (including phenoxy) is 1. The third-order valence-electron chi connectivity index (χ3n) is 9.30. The molecule has 12 unspecified atom stereocenters. The van der Waals surface area contributed by atoms with Gasteiger partial charge in [0.25, 0.3) is 0 Å². The summed E-state index contributed by atoms with van der Waals surface area (Å²) in [4.78, 5) is 28.8. The van der Waals surface area contributed by atoms with Gasteiger partial charge in [0.1, 0.15) is 5.50 Å². The van der Waals surface area contributed by atoms with E-state index in [0.29, 0.717) is 38.8 Å². The lowest BCUT2D eigenvalue weighted by atomic mass is 9.70. The Hall–Kier alpha value is -1.13. The van der Waals surface area contributed by atoms with Gasteiger partial charge in [-0.2, -0.15) is 5.26 Å². The summed E-state index contributed by atoms with van der Waals surface area (Å²) in [5.41, 5.74) is -0.262. The topological polar surface area (TPSA) is 131 Å². The highest BCUT2D eigenvalue weighted by Crippen LogP contribution is 2.38. The van der Waals surface area contributed by atoms with Crippen LogP contribution in [0, 0.1) is 40.9 Å². The SMILES string of the molecule is COC1CNC(Cl)CC1C1CC(C)NCC1C(=O)NC1NC2CN(C(=O)C3NCC(C#N)CC3C)CC2S1. The quantitative estimate of drug-likeness (QED) is 0.234. The highest BCUT2D eigenvalue weighted by molar-refractivity contribution is 8.00. The fourth-order valence-electron chi connectivity index (χ4n) is 7.21. The van der Waals surface area contributed by atoms with Gasteiger partial charge in [-0.15, -0.1) is 23.4 Å². The smallest absolute Gasteiger partial charge is 0.240 e. The van der Waals surface area contributed by atoms with Gasteiger partial charge >= 0.3 is 0 Å². The zero-order chi connectivity index (χ0) is 27.0. The number of nitriles is 1. The largest absolute Gasteiger partial charge is 0.380 e. The van der Waals surface area contributed by atoms with Gasteiger partial charge < -0.3 is 25.6 Å². The van der Waals surface area contributed by atoms with Crippen molar-refractivity contribution < 1.29 is 14.3 Å². The first-order chi connectivity index (χ1) is 18.3. The van der Waals surface area contributed by atoms with Gasteiger partial charge in [0.05, 0.1) is 35.6 Å². The van der Waals surface area contributed by atoms with Crippen molar-refractivity contribution in [2.75, 3.05) is 39.8 Å². The number of fused-ring (bicyclic) bond motifs is 1. The van der Waals surface area contributed by atoms with E-state index >= 15 is 0 Å². The van der Waals surface area contributed by atoms with Crippen LogP contribution in [-0.4, -0.2) is 97.0 Å². The number of hydrogen-bond acceptors (Lipinski definition) is 9. The summed E-state index contributed by atoms with van der Waals surface area (Å²) in [6, 6.07) is 2.59. The molecule has 0 aromatic carbocycles. The van der Waals surface area contributed by atoms with Crippen LogP contribution in [0.3, 0.4) is 0 Å². The van der Waals surface area contributed by atoms with Crippen LogP contribution in [0.1, 0.15) is 33.1 Å². The van der Waals surface area contributed by atoms with E-state index in [2.05, 4.69) is 46.5 Å². The molecule has 0 bridgehead atoms. The number of nitrogens with one attached hydrogen (secondary N) is 5. The molecule has 5 rings (SSSR count). The normalized spacial score (nSPS) is 45.3. The van der Waals surface area contributed by atoms with Crippen molar-refractivity contribution in [2.24, 2.45) is 29.6 Å². The molecule has 2 amide bonds. The average Bonchev–Trinajstić information content (AvgIpc) is 3.47. The molecule has 38 heavy (non-hydrogen) atoms. The lowest BCUT2D eigenvalue weighted by Gasteiger charge is -2.45. The predicted molar refractivity (Wildman–Crippen MR) is 147 cm³/mol. The van der Waals surface area contributed by atoms with E-state index in [1.807, 2.05) is 4.90 Å². The molecule has 5 fully saturated rings. The first-order valence-electron chi connectivity index (χ1n) is 14.0. The van der Waals surface area contributed by atoms with E-state index in [4.69, 9.17) is 16.3 Å². The number of alkyl halides is 1. The molecule has 0 saturated carbocycles. The molecule has 0 aliphatic carbocycles. The summed E-state index contributed by atoms with van der Waals surface area (Å²) in [6.07, 6.45) is 2.51. The average molecular weight is 568 g/mol. The Labute approximate surface area is 235 Å². The van der Waals surface area contributed by atoms with Crippen LogP contribution in [0.15, 0.2) is 0 Å². The lowest BCUT2D eigenvalue weighted by Crippen LogP contribution is -2.57. The fourth-order valence-corrected chi connectivity index (χ4v) is 8.91. The highest BCUT2D eigenvalue weighted by atomic mass is 35.5. The van der Waals surface area contributed by atoms with Gasteiger partial charge in [-0.1, -0.05) is 6.92 Å². The van der Waals surface area contributed by atoms with E-state index in [0.717, 1.165) is 19.3 Å². The molecule has 0 spiro atoms. The Balaban J connectivity index is 1.15. The van der Waals surface area contributed by atoms with Gasteiger partial charge in [0.15, 0.2) is 0 Å². The summed E-state index contributed by atoms with van der Waals surface area (Å²) in [7, 11) is 1.74. The van der Waals surface area contributed by atoms with Gasteiger partial charge in [-0.3, -0.25) is 20.2 Å². The van der Waals surface area contributed by atoms with Gasteiger partial charge in [-0.05, 0) is 43.9 Å². The van der Waals surface area contributed by atoms with Crippen molar-refractivity contribution in [3.63, 3.8) is 0 Å². The van der Waals surface area contributed by atoms with E-state index in [1.165, 1.54) is 0 Å². The summed E-state index contributed by atoms with van der Waals surface area (Å²) in [5.74, 6) is 0.592. The number of carbonyl (C=O) groups is 2. The Morgan fingerprint density at radius 3 is 2.61 bits per heavy atom. The number of piperidine rings is 3. The first kappa shape index (κ1) is 28.4. The third kappa shape index (κ3) is 5.97. The number of thioether (sulfide) groups is 1. The Kier molecular flexibility index (Phi) is 9.09. The maximum absolute atomic E-state index is 13.6. The number of nitrogens with zero attached hydrogens (tertiary/aromatic N) is 2. The highest BCUT2D eigenvalue weighted by Gasteiger charge is 2.48. The van der Waals surface area contributed by atoms with Crippen LogP contribution in [0.2, 0.25) is 0 Å². The molecule has 0 aromatic heterocycles. The van der Waals surface area contributed by atoms with Crippen LogP contribution in [-0.2, 0) is 14.3 Å². The monoisotopic (exact) mass is 567 g/mol. The van der Waals surface area contributed by atoms with Crippen molar-refractivity contribution >= 4 is 35.2 Å². The number of hydrogen-bond donors (Lipinski definition) is 5. The molecule has 0 aromatic rings. The van der Waals surface area contributed by atoms with Crippen LogP contribution >= 0.6 is 23.4 Å². The molecule has 5 aliphatic rings. The van der Waals surface area contributed by atoms with E-state index in [9.17, 15) is 14.9 Å². The van der Waals surface area contributed by atoms with Gasteiger partial charge in [0, 0.05) is 57.2 Å².